The summed E-state index contributed by atoms with van der Waals surface area (Å²) in [5.74, 6) is -0.452. The van der Waals surface area contributed by atoms with Gasteiger partial charge in [0.15, 0.2) is 5.78 Å². The van der Waals surface area contributed by atoms with Crippen molar-refractivity contribution in [3.63, 3.8) is 0 Å². The van der Waals surface area contributed by atoms with Crippen LogP contribution in [0.1, 0.15) is 24.2 Å². The number of hydrogen-bond acceptors (Lipinski definition) is 1. The minimum atomic E-state index is -0.333. The van der Waals surface area contributed by atoms with Crippen LogP contribution in [0.5, 0.6) is 0 Å². The van der Waals surface area contributed by atoms with E-state index in [2.05, 4.69) is 0 Å². The van der Waals surface area contributed by atoms with Gasteiger partial charge in [-0.1, -0.05) is 17.7 Å². The predicted octanol–water partition coefficient (Wildman–Crippen LogP) is 3.53. The molecule has 0 unspecified atom stereocenters. The molecule has 0 saturated heterocycles. The molecule has 78 valence electrons. The maximum Gasteiger partial charge on any atom is 0.185 e. The molecule has 1 aromatic rings. The minimum Gasteiger partial charge on any atom is -0.289 e. The largest absolute Gasteiger partial charge is 0.289 e. The number of ketones is 1. The van der Waals surface area contributed by atoms with Gasteiger partial charge in [-0.05, 0) is 44.2 Å². The number of rotatable bonds is 3. The fourth-order valence-corrected chi connectivity index (χ4v) is 1.04. The highest BCUT2D eigenvalue weighted by Crippen LogP contribution is 2.04. The van der Waals surface area contributed by atoms with Gasteiger partial charge in [-0.2, -0.15) is 0 Å². The first-order valence-electron chi connectivity index (χ1n) is 4.71. The molecule has 0 heterocycles. The van der Waals surface area contributed by atoms with Crippen molar-refractivity contribution in [2.24, 2.45) is 0 Å². The van der Waals surface area contributed by atoms with Crippen LogP contribution in [-0.4, -0.2) is 5.78 Å². The predicted molar refractivity (Wildman–Crippen MR) is 59.3 cm³/mol. The van der Waals surface area contributed by atoms with E-state index >= 15 is 0 Å². The molecule has 0 amide bonds. The van der Waals surface area contributed by atoms with Crippen LogP contribution in [0.15, 0.2) is 48.1 Å². The van der Waals surface area contributed by atoms with E-state index in [-0.39, 0.29) is 11.6 Å². The van der Waals surface area contributed by atoms with Crippen molar-refractivity contribution in [1.82, 2.24) is 0 Å². The first kappa shape index (κ1) is 11.4. The summed E-state index contributed by atoms with van der Waals surface area (Å²) in [4.78, 5) is 11.5. The van der Waals surface area contributed by atoms with Gasteiger partial charge in [0, 0.05) is 5.56 Å². The maximum atomic E-state index is 12.6. The summed E-state index contributed by atoms with van der Waals surface area (Å²) >= 11 is 0. The number of allylic oxidation sites excluding steroid dienone is 4. The zero-order chi connectivity index (χ0) is 11.3. The molecule has 0 aliphatic rings. The molecule has 1 nitrogen and oxygen atoms in total. The zero-order valence-corrected chi connectivity index (χ0v) is 8.83. The summed E-state index contributed by atoms with van der Waals surface area (Å²) in [6.45, 7) is 3.90. The zero-order valence-electron chi connectivity index (χ0n) is 8.83. The van der Waals surface area contributed by atoms with Crippen LogP contribution in [0.25, 0.3) is 0 Å². The molecule has 0 aromatic heterocycles. The molecule has 0 radical (unpaired) electrons. The Hall–Kier alpha value is -1.70. The summed E-state index contributed by atoms with van der Waals surface area (Å²) in [6.07, 6.45) is 5.02. The molecule has 0 spiro atoms. The molecule has 15 heavy (non-hydrogen) atoms. The van der Waals surface area contributed by atoms with Crippen molar-refractivity contribution in [1.29, 1.82) is 0 Å². The van der Waals surface area contributed by atoms with E-state index in [0.717, 1.165) is 5.57 Å². The highest BCUT2D eigenvalue weighted by molar-refractivity contribution is 6.04. The van der Waals surface area contributed by atoms with E-state index < -0.39 is 0 Å². The number of carbonyl (C=O) groups excluding carboxylic acids is 1. The Bertz CT molecular complexity index is 395. The van der Waals surface area contributed by atoms with E-state index in [4.69, 9.17) is 0 Å². The molecular formula is C13H13FO. The van der Waals surface area contributed by atoms with Crippen molar-refractivity contribution in [2.45, 2.75) is 13.8 Å². The lowest BCUT2D eigenvalue weighted by molar-refractivity contribution is 0.104. The van der Waals surface area contributed by atoms with Gasteiger partial charge in [-0.3, -0.25) is 4.79 Å². The van der Waals surface area contributed by atoms with Crippen LogP contribution in [0.2, 0.25) is 0 Å². The third-order valence-corrected chi connectivity index (χ3v) is 1.81. The molecule has 0 saturated carbocycles. The fourth-order valence-electron chi connectivity index (χ4n) is 1.04. The Labute approximate surface area is 88.9 Å². The smallest absolute Gasteiger partial charge is 0.185 e. The molecule has 2 heteroatoms. The molecule has 0 N–H and O–H groups in total. The summed E-state index contributed by atoms with van der Waals surface area (Å²) in [5, 5.41) is 0. The molecule has 0 fully saturated rings. The Morgan fingerprint density at radius 3 is 2.33 bits per heavy atom. The molecule has 0 bridgehead atoms. The van der Waals surface area contributed by atoms with E-state index in [9.17, 15) is 9.18 Å². The second-order valence-electron chi connectivity index (χ2n) is 3.47. The van der Waals surface area contributed by atoms with Gasteiger partial charge < -0.3 is 0 Å². The number of halogens is 1. The van der Waals surface area contributed by atoms with Crippen molar-refractivity contribution >= 4 is 5.78 Å². The van der Waals surface area contributed by atoms with Crippen LogP contribution < -0.4 is 0 Å². The van der Waals surface area contributed by atoms with Crippen molar-refractivity contribution in [3.05, 3.63) is 59.4 Å². The highest BCUT2D eigenvalue weighted by Gasteiger charge is 2.00. The molecule has 0 aliphatic heterocycles. The summed E-state index contributed by atoms with van der Waals surface area (Å²) in [6, 6.07) is 5.51. The Balaban J connectivity index is 2.74. The molecule has 1 rings (SSSR count). The Morgan fingerprint density at radius 2 is 1.80 bits per heavy atom. The average Bonchev–Trinajstić information content (AvgIpc) is 2.18. The lowest BCUT2D eigenvalue weighted by Crippen LogP contribution is -1.93. The number of benzene rings is 1. The summed E-state index contributed by atoms with van der Waals surface area (Å²) in [5.41, 5.74) is 1.62. The quantitative estimate of drug-likeness (QED) is 0.418. The Morgan fingerprint density at radius 1 is 1.20 bits per heavy atom. The summed E-state index contributed by atoms with van der Waals surface area (Å²) < 4.78 is 12.6. The van der Waals surface area contributed by atoms with E-state index in [0.29, 0.717) is 5.56 Å². The lowest BCUT2D eigenvalue weighted by Gasteiger charge is -1.94. The average molecular weight is 204 g/mol. The van der Waals surface area contributed by atoms with Crippen LogP contribution >= 0.6 is 0 Å². The van der Waals surface area contributed by atoms with Crippen molar-refractivity contribution in [3.8, 4) is 0 Å². The van der Waals surface area contributed by atoms with Gasteiger partial charge in [-0.15, -0.1) is 0 Å². The first-order chi connectivity index (χ1) is 7.09. The van der Waals surface area contributed by atoms with Gasteiger partial charge in [0.05, 0.1) is 0 Å². The van der Waals surface area contributed by atoms with Crippen molar-refractivity contribution in [2.75, 3.05) is 0 Å². The number of hydrogen-bond donors (Lipinski definition) is 0. The fraction of sp³-hybridized carbons (Fsp3) is 0.154. The van der Waals surface area contributed by atoms with Gasteiger partial charge in [0.2, 0.25) is 0 Å². The lowest BCUT2D eigenvalue weighted by atomic mass is 10.1. The van der Waals surface area contributed by atoms with E-state index in [1.54, 1.807) is 6.08 Å². The van der Waals surface area contributed by atoms with E-state index in [1.807, 2.05) is 19.9 Å². The van der Waals surface area contributed by atoms with Crippen LogP contribution in [-0.2, 0) is 0 Å². The molecule has 0 atom stereocenters. The van der Waals surface area contributed by atoms with E-state index in [1.165, 1.54) is 30.3 Å². The van der Waals surface area contributed by atoms with Crippen LogP contribution in [0.4, 0.5) is 4.39 Å². The Kier molecular flexibility index (Phi) is 3.98. The third-order valence-electron chi connectivity index (χ3n) is 1.81. The van der Waals surface area contributed by atoms with Gasteiger partial charge in [0.1, 0.15) is 5.82 Å². The second-order valence-corrected chi connectivity index (χ2v) is 3.47. The van der Waals surface area contributed by atoms with Crippen LogP contribution in [0.3, 0.4) is 0 Å². The second kappa shape index (κ2) is 5.25. The third kappa shape index (κ3) is 3.90. The molecule has 0 aliphatic carbocycles. The minimum absolute atomic E-state index is 0.118. The standard InChI is InChI=1S/C13H13FO/c1-10(2)4-3-5-13(15)11-6-8-12(14)9-7-11/h3-9H,1-2H3. The van der Waals surface area contributed by atoms with Gasteiger partial charge in [0.25, 0.3) is 0 Å². The molecule has 1 aromatic carbocycles. The normalized spacial score (nSPS) is 10.3. The highest BCUT2D eigenvalue weighted by atomic mass is 19.1. The number of carbonyl (C=O) groups is 1. The molecular weight excluding hydrogens is 191 g/mol. The van der Waals surface area contributed by atoms with Crippen LogP contribution in [0, 0.1) is 5.82 Å². The first-order valence-corrected chi connectivity index (χ1v) is 4.71. The van der Waals surface area contributed by atoms with Gasteiger partial charge in [-0.25, -0.2) is 4.39 Å². The monoisotopic (exact) mass is 204 g/mol. The topological polar surface area (TPSA) is 17.1 Å². The SMILES string of the molecule is CC(C)=CC=CC(=O)c1ccc(F)cc1. The summed E-state index contributed by atoms with van der Waals surface area (Å²) in [7, 11) is 0. The van der Waals surface area contributed by atoms with Crippen molar-refractivity contribution < 1.29 is 9.18 Å². The van der Waals surface area contributed by atoms with Gasteiger partial charge >= 0.3 is 0 Å². The maximum absolute atomic E-state index is 12.6.